The van der Waals surface area contributed by atoms with Crippen LogP contribution in [0.5, 0.6) is 0 Å². The number of hydrogen-bond donors (Lipinski definition) is 1. The average molecular weight is 319 g/mol. The van der Waals surface area contributed by atoms with Gasteiger partial charge in [-0.15, -0.1) is 11.3 Å². The number of halogens is 1. The molecule has 6 heteroatoms. The van der Waals surface area contributed by atoms with Crippen molar-refractivity contribution >= 4 is 17.2 Å². The predicted octanol–water partition coefficient (Wildman–Crippen LogP) is 2.53. The molecule has 1 aliphatic rings. The Kier molecular flexibility index (Phi) is 4.80. The molecule has 0 spiro atoms. The maximum Gasteiger partial charge on any atom is 0.263 e. The Labute approximate surface area is 133 Å². The fraction of sp³-hybridized carbons (Fsp3) is 0.375. The summed E-state index contributed by atoms with van der Waals surface area (Å²) < 4.78 is 13.7. The minimum atomic E-state index is -0.149. The molecule has 1 saturated heterocycles. The number of nitrogens with zero attached hydrogens (tertiary/aromatic N) is 2. The van der Waals surface area contributed by atoms with Crippen molar-refractivity contribution in [3.63, 3.8) is 0 Å². The van der Waals surface area contributed by atoms with Gasteiger partial charge in [-0.3, -0.25) is 14.7 Å². The Hall–Kier alpha value is -1.79. The molecule has 2 aromatic rings. The van der Waals surface area contributed by atoms with Crippen LogP contribution in [0.25, 0.3) is 0 Å². The molecule has 116 valence electrons. The fourth-order valence-corrected chi connectivity index (χ4v) is 3.28. The second kappa shape index (κ2) is 6.98. The van der Waals surface area contributed by atoms with E-state index >= 15 is 0 Å². The molecule has 0 aliphatic carbocycles. The Morgan fingerprint density at radius 2 is 2.32 bits per heavy atom. The van der Waals surface area contributed by atoms with Crippen molar-refractivity contribution in [3.05, 3.63) is 52.2 Å². The Morgan fingerprint density at radius 3 is 3.09 bits per heavy atom. The van der Waals surface area contributed by atoms with Crippen molar-refractivity contribution in [1.82, 2.24) is 15.2 Å². The molecule has 4 nitrogen and oxygen atoms in total. The van der Waals surface area contributed by atoms with Crippen molar-refractivity contribution in [2.75, 3.05) is 19.6 Å². The number of nitrogens with one attached hydrogen (secondary N) is 1. The topological polar surface area (TPSA) is 45.2 Å². The molecule has 0 bridgehead atoms. The SMILES string of the molecule is O=C(NC[C@@H]1CCN(Cc2ccccc2F)C1)c1cncs1. The molecule has 22 heavy (non-hydrogen) atoms. The lowest BCUT2D eigenvalue weighted by Crippen LogP contribution is -2.30. The third-order valence-corrected chi connectivity index (χ3v) is 4.70. The Morgan fingerprint density at radius 1 is 1.45 bits per heavy atom. The first-order chi connectivity index (χ1) is 10.7. The van der Waals surface area contributed by atoms with Gasteiger partial charge in [-0.2, -0.15) is 0 Å². The lowest BCUT2D eigenvalue weighted by atomic mass is 10.1. The van der Waals surface area contributed by atoms with E-state index in [0.717, 1.165) is 25.1 Å². The summed E-state index contributed by atoms with van der Waals surface area (Å²) >= 11 is 1.34. The molecule has 0 radical (unpaired) electrons. The summed E-state index contributed by atoms with van der Waals surface area (Å²) in [5.74, 6) is 0.211. The lowest BCUT2D eigenvalue weighted by molar-refractivity contribution is 0.0951. The van der Waals surface area contributed by atoms with Crippen molar-refractivity contribution in [2.45, 2.75) is 13.0 Å². The van der Waals surface area contributed by atoms with Crippen molar-refractivity contribution < 1.29 is 9.18 Å². The molecule has 2 heterocycles. The quantitative estimate of drug-likeness (QED) is 0.921. The van der Waals surface area contributed by atoms with E-state index < -0.39 is 0 Å². The minimum Gasteiger partial charge on any atom is -0.351 e. The first-order valence-corrected chi connectivity index (χ1v) is 8.23. The molecular weight excluding hydrogens is 301 g/mol. The van der Waals surface area contributed by atoms with Crippen LogP contribution < -0.4 is 5.32 Å². The summed E-state index contributed by atoms with van der Waals surface area (Å²) in [4.78, 5) is 18.7. The van der Waals surface area contributed by atoms with E-state index in [1.807, 2.05) is 12.1 Å². The van der Waals surface area contributed by atoms with Crippen LogP contribution in [-0.4, -0.2) is 35.4 Å². The van der Waals surface area contributed by atoms with E-state index in [1.54, 1.807) is 17.8 Å². The first kappa shape index (κ1) is 15.1. The summed E-state index contributed by atoms with van der Waals surface area (Å²) in [5, 5.41) is 2.95. The number of rotatable bonds is 5. The monoisotopic (exact) mass is 319 g/mol. The zero-order chi connectivity index (χ0) is 15.4. The van der Waals surface area contributed by atoms with Crippen LogP contribution in [0.15, 0.2) is 36.0 Å². The molecule has 0 saturated carbocycles. The van der Waals surface area contributed by atoms with Gasteiger partial charge in [0.1, 0.15) is 10.7 Å². The second-order valence-corrected chi connectivity index (χ2v) is 6.44. The van der Waals surface area contributed by atoms with Crippen molar-refractivity contribution in [2.24, 2.45) is 5.92 Å². The van der Waals surface area contributed by atoms with Crippen LogP contribution >= 0.6 is 11.3 Å². The second-order valence-electron chi connectivity index (χ2n) is 5.56. The molecule has 1 aliphatic heterocycles. The molecule has 1 aromatic heterocycles. The predicted molar refractivity (Wildman–Crippen MR) is 84.2 cm³/mol. The number of aromatic nitrogens is 1. The highest BCUT2D eigenvalue weighted by Crippen LogP contribution is 2.19. The molecule has 1 fully saturated rings. The number of amides is 1. The van der Waals surface area contributed by atoms with Gasteiger partial charge in [0.25, 0.3) is 5.91 Å². The van der Waals surface area contributed by atoms with Crippen molar-refractivity contribution in [3.8, 4) is 0 Å². The van der Waals surface area contributed by atoms with Gasteiger partial charge in [0, 0.05) is 25.2 Å². The van der Waals surface area contributed by atoms with Crippen LogP contribution in [0.4, 0.5) is 4.39 Å². The first-order valence-electron chi connectivity index (χ1n) is 7.35. The van der Waals surface area contributed by atoms with Gasteiger partial charge in [-0.25, -0.2) is 4.39 Å². The zero-order valence-electron chi connectivity index (χ0n) is 12.2. The number of thiazole rings is 1. The fourth-order valence-electron chi connectivity index (χ4n) is 2.74. The standard InChI is InChI=1S/C16H18FN3OS/c17-14-4-2-1-3-13(14)10-20-6-5-12(9-20)7-19-16(21)15-8-18-11-22-15/h1-4,8,11-12H,5-7,9-10H2,(H,19,21)/t12-/m0/s1. The van der Waals surface area contributed by atoms with E-state index in [2.05, 4.69) is 15.2 Å². The molecule has 1 amide bonds. The number of carbonyl (C=O) groups is 1. The van der Waals surface area contributed by atoms with Gasteiger partial charge in [0.2, 0.25) is 0 Å². The van der Waals surface area contributed by atoms with Crippen LogP contribution in [0, 0.1) is 11.7 Å². The molecule has 1 atom stereocenters. The number of hydrogen-bond acceptors (Lipinski definition) is 4. The minimum absolute atomic E-state index is 0.0601. The highest BCUT2D eigenvalue weighted by Gasteiger charge is 2.23. The van der Waals surface area contributed by atoms with E-state index in [0.29, 0.717) is 23.9 Å². The molecule has 1 N–H and O–H groups in total. The largest absolute Gasteiger partial charge is 0.351 e. The van der Waals surface area contributed by atoms with Gasteiger partial charge in [-0.05, 0) is 24.9 Å². The third kappa shape index (κ3) is 3.69. The smallest absolute Gasteiger partial charge is 0.263 e. The van der Waals surface area contributed by atoms with Crippen molar-refractivity contribution in [1.29, 1.82) is 0 Å². The van der Waals surface area contributed by atoms with Gasteiger partial charge >= 0.3 is 0 Å². The van der Waals surface area contributed by atoms with Crippen LogP contribution in [0.3, 0.4) is 0 Å². The lowest BCUT2D eigenvalue weighted by Gasteiger charge is -2.16. The summed E-state index contributed by atoms with van der Waals surface area (Å²) in [6.45, 7) is 3.11. The van der Waals surface area contributed by atoms with E-state index in [-0.39, 0.29) is 11.7 Å². The highest BCUT2D eigenvalue weighted by molar-refractivity contribution is 7.11. The number of likely N-dealkylation sites (tertiary alicyclic amines) is 1. The zero-order valence-corrected chi connectivity index (χ0v) is 13.0. The Balaban J connectivity index is 1.46. The number of benzene rings is 1. The van der Waals surface area contributed by atoms with Crippen LogP contribution in [0.1, 0.15) is 21.7 Å². The summed E-state index contributed by atoms with van der Waals surface area (Å²) in [5.41, 5.74) is 2.39. The molecular formula is C16H18FN3OS. The maximum atomic E-state index is 13.7. The average Bonchev–Trinajstić information content (AvgIpc) is 3.19. The Bertz CT molecular complexity index is 632. The highest BCUT2D eigenvalue weighted by atomic mass is 32.1. The van der Waals surface area contributed by atoms with Gasteiger partial charge in [-0.1, -0.05) is 18.2 Å². The number of carbonyl (C=O) groups excluding carboxylic acids is 1. The van der Waals surface area contributed by atoms with Gasteiger partial charge in [0.15, 0.2) is 0 Å². The van der Waals surface area contributed by atoms with Crippen LogP contribution in [0.2, 0.25) is 0 Å². The summed E-state index contributed by atoms with van der Waals surface area (Å²) in [6, 6.07) is 6.90. The summed E-state index contributed by atoms with van der Waals surface area (Å²) in [7, 11) is 0. The maximum absolute atomic E-state index is 13.7. The van der Waals surface area contributed by atoms with E-state index in [4.69, 9.17) is 0 Å². The normalized spacial score (nSPS) is 18.5. The third-order valence-electron chi connectivity index (χ3n) is 3.93. The molecule has 1 aromatic carbocycles. The van der Waals surface area contributed by atoms with E-state index in [1.165, 1.54) is 17.4 Å². The van der Waals surface area contributed by atoms with Gasteiger partial charge in [0.05, 0.1) is 11.7 Å². The van der Waals surface area contributed by atoms with E-state index in [9.17, 15) is 9.18 Å². The summed E-state index contributed by atoms with van der Waals surface area (Å²) in [6.07, 6.45) is 2.61. The molecule has 0 unspecified atom stereocenters. The van der Waals surface area contributed by atoms with Crippen LogP contribution in [-0.2, 0) is 6.54 Å². The molecule has 3 rings (SSSR count). The van der Waals surface area contributed by atoms with Gasteiger partial charge < -0.3 is 5.32 Å².